The number of para-hydroxylation sites is 4. The Morgan fingerprint density at radius 2 is 0.526 bits per heavy atom. The molecule has 4 aliphatic rings. The number of benzene rings is 13. The van der Waals surface area contributed by atoms with Crippen LogP contribution in [0, 0.1) is 0 Å². The SMILES string of the molecule is CC1(C)c2ccccc2N(c2ccc3c(-c4ccc5c6c(cccc46)-c4ccccc4-5)c4cc(N5c6ccccc6C(C)(C)c6ccccc65)ccc4c(-c4ccc5c6c(cccc46)-c4ccccc4-5)c3c2)c2ccccc21. The third-order valence-electron chi connectivity index (χ3n) is 18.5. The molecule has 13 aromatic rings. The van der Waals surface area contributed by atoms with Gasteiger partial charge in [-0.05, 0) is 181 Å². The Kier molecular flexibility index (Phi) is 8.72. The number of rotatable bonds is 4. The van der Waals surface area contributed by atoms with Gasteiger partial charge in [-0.15, -0.1) is 0 Å². The maximum Gasteiger partial charge on any atom is 0.0502 e. The van der Waals surface area contributed by atoms with Gasteiger partial charge in [0.1, 0.15) is 0 Å². The van der Waals surface area contributed by atoms with Crippen LogP contribution in [0.1, 0.15) is 49.9 Å². The maximum absolute atomic E-state index is 2.53. The second-order valence-electron chi connectivity index (χ2n) is 23.1. The van der Waals surface area contributed by atoms with Crippen molar-refractivity contribution in [1.29, 1.82) is 0 Å². The van der Waals surface area contributed by atoms with Crippen LogP contribution < -0.4 is 9.80 Å². The van der Waals surface area contributed by atoms with Crippen molar-refractivity contribution in [2.24, 2.45) is 0 Å². The number of hydrogen-bond acceptors (Lipinski definition) is 2. The average molecular weight is 993 g/mol. The summed E-state index contributed by atoms with van der Waals surface area (Å²) in [4.78, 5) is 5.05. The third-order valence-corrected chi connectivity index (χ3v) is 18.5. The molecule has 0 aromatic heterocycles. The molecule has 2 aliphatic heterocycles. The molecule has 78 heavy (non-hydrogen) atoms. The molecule has 2 aliphatic carbocycles. The summed E-state index contributed by atoms with van der Waals surface area (Å²) in [5.74, 6) is 0. The van der Waals surface area contributed by atoms with Crippen molar-refractivity contribution in [1.82, 2.24) is 0 Å². The van der Waals surface area contributed by atoms with Crippen molar-refractivity contribution in [3.63, 3.8) is 0 Å². The van der Waals surface area contributed by atoms with Crippen LogP contribution in [0.3, 0.4) is 0 Å². The van der Waals surface area contributed by atoms with Crippen molar-refractivity contribution in [2.45, 2.75) is 38.5 Å². The Morgan fingerprint density at radius 1 is 0.231 bits per heavy atom. The summed E-state index contributed by atoms with van der Waals surface area (Å²) in [7, 11) is 0. The molecule has 0 N–H and O–H groups in total. The van der Waals surface area contributed by atoms with Gasteiger partial charge in [0.15, 0.2) is 0 Å². The molecule has 2 heterocycles. The fraction of sp³-hybridized carbons (Fsp3) is 0.0789. The molecule has 0 unspecified atom stereocenters. The van der Waals surface area contributed by atoms with E-state index in [1.54, 1.807) is 0 Å². The summed E-state index contributed by atoms with van der Waals surface area (Å²) in [6.45, 7) is 9.50. The highest BCUT2D eigenvalue weighted by atomic mass is 15.2. The number of hydrogen-bond donors (Lipinski definition) is 0. The zero-order valence-corrected chi connectivity index (χ0v) is 44.0. The molecule has 0 atom stereocenters. The van der Waals surface area contributed by atoms with Crippen LogP contribution >= 0.6 is 0 Å². The number of nitrogens with zero attached hydrogens (tertiary/aromatic N) is 2. The van der Waals surface area contributed by atoms with E-state index in [1.165, 1.54) is 155 Å². The summed E-state index contributed by atoms with van der Waals surface area (Å²) >= 11 is 0. The van der Waals surface area contributed by atoms with Gasteiger partial charge in [-0.3, -0.25) is 0 Å². The van der Waals surface area contributed by atoms with E-state index in [1.807, 2.05) is 0 Å². The van der Waals surface area contributed by atoms with Crippen molar-refractivity contribution in [3.8, 4) is 66.8 Å². The first-order chi connectivity index (χ1) is 38.3. The lowest BCUT2D eigenvalue weighted by molar-refractivity contribution is 0.632. The molecule has 13 aromatic carbocycles. The third kappa shape index (κ3) is 5.66. The molecule has 2 nitrogen and oxygen atoms in total. The first-order valence-corrected chi connectivity index (χ1v) is 27.6. The van der Waals surface area contributed by atoms with E-state index >= 15 is 0 Å². The van der Waals surface area contributed by atoms with Gasteiger partial charge in [0.2, 0.25) is 0 Å². The van der Waals surface area contributed by atoms with Gasteiger partial charge < -0.3 is 9.80 Å². The Labute approximate surface area is 454 Å². The topological polar surface area (TPSA) is 6.48 Å². The molecule has 0 bridgehead atoms. The molecule has 0 saturated carbocycles. The predicted octanol–water partition coefficient (Wildman–Crippen LogP) is 21.1. The molecule has 0 radical (unpaired) electrons. The Morgan fingerprint density at radius 3 is 0.885 bits per heavy atom. The minimum Gasteiger partial charge on any atom is -0.310 e. The second-order valence-corrected chi connectivity index (χ2v) is 23.1. The predicted molar refractivity (Wildman–Crippen MR) is 330 cm³/mol. The molecule has 2 heteroatoms. The first-order valence-electron chi connectivity index (χ1n) is 27.6. The summed E-state index contributed by atoms with van der Waals surface area (Å²) in [5, 5.41) is 10.1. The largest absolute Gasteiger partial charge is 0.310 e. The van der Waals surface area contributed by atoms with Crippen molar-refractivity contribution >= 4 is 77.2 Å². The molecule has 0 fully saturated rings. The highest BCUT2D eigenvalue weighted by Gasteiger charge is 2.39. The van der Waals surface area contributed by atoms with Crippen LogP contribution in [-0.2, 0) is 10.8 Å². The lowest BCUT2D eigenvalue weighted by Gasteiger charge is -2.42. The zero-order chi connectivity index (χ0) is 51.8. The standard InChI is InChI=1S/C76H52N2/c1-75(2)63-27-9-13-31-67(63)77(68-32-14-10-28-64(68)75)45-35-37-59-61(43-45)73(57-41-39-55-49-21-7-5-19-47(49)51-23-17-25-53(57)71(51)55)60-38-36-46(78-69-33-15-11-29-65(69)76(3,4)66-30-12-16-34-70(66)78)44-62(60)74(59)58-42-40-56-50-22-8-6-20-48(50)52-24-18-26-54(58)72(52)56/h5-44H,1-4H3. The van der Waals surface area contributed by atoms with Crippen LogP contribution in [0.4, 0.5) is 34.1 Å². The van der Waals surface area contributed by atoms with Crippen molar-refractivity contribution in [2.75, 3.05) is 9.80 Å². The van der Waals surface area contributed by atoms with E-state index in [2.05, 4.69) is 280 Å². The number of fused-ring (bicyclic) bond motifs is 12. The quantitative estimate of drug-likeness (QED) is 0.162. The van der Waals surface area contributed by atoms with Crippen LogP contribution in [0.5, 0.6) is 0 Å². The molecule has 17 rings (SSSR count). The highest BCUT2D eigenvalue weighted by Crippen LogP contribution is 2.59. The van der Waals surface area contributed by atoms with Crippen molar-refractivity contribution in [3.05, 3.63) is 265 Å². The lowest BCUT2D eigenvalue weighted by atomic mass is 9.73. The first kappa shape index (κ1) is 43.7. The van der Waals surface area contributed by atoms with E-state index in [0.29, 0.717) is 0 Å². The van der Waals surface area contributed by atoms with Crippen LogP contribution in [-0.4, -0.2) is 0 Å². The van der Waals surface area contributed by atoms with E-state index in [-0.39, 0.29) is 10.8 Å². The minimum atomic E-state index is -0.185. The van der Waals surface area contributed by atoms with Gasteiger partial charge >= 0.3 is 0 Å². The zero-order valence-electron chi connectivity index (χ0n) is 44.0. The van der Waals surface area contributed by atoms with Gasteiger partial charge in [-0.1, -0.05) is 222 Å². The van der Waals surface area contributed by atoms with Gasteiger partial charge in [-0.2, -0.15) is 0 Å². The summed E-state index contributed by atoms with van der Waals surface area (Å²) in [6.07, 6.45) is 0. The summed E-state index contributed by atoms with van der Waals surface area (Å²) in [6, 6.07) is 92.4. The molecule has 366 valence electrons. The normalized spacial score (nSPS) is 14.6. The van der Waals surface area contributed by atoms with Gasteiger partial charge in [-0.25, -0.2) is 0 Å². The van der Waals surface area contributed by atoms with Gasteiger partial charge in [0, 0.05) is 22.2 Å². The molecular weight excluding hydrogens is 941 g/mol. The molecule has 0 spiro atoms. The maximum atomic E-state index is 2.53. The monoisotopic (exact) mass is 992 g/mol. The van der Waals surface area contributed by atoms with Gasteiger partial charge in [0.05, 0.1) is 22.7 Å². The average Bonchev–Trinajstić information content (AvgIpc) is 3.85. The fourth-order valence-corrected chi connectivity index (χ4v) is 15.0. The highest BCUT2D eigenvalue weighted by molar-refractivity contribution is 6.30. The number of anilines is 6. The Balaban J connectivity index is 1.03. The minimum absolute atomic E-state index is 0.185. The van der Waals surface area contributed by atoms with Crippen LogP contribution in [0.25, 0.3) is 110 Å². The van der Waals surface area contributed by atoms with E-state index in [4.69, 9.17) is 0 Å². The Hall–Kier alpha value is -9.50. The van der Waals surface area contributed by atoms with Crippen LogP contribution in [0.2, 0.25) is 0 Å². The fourth-order valence-electron chi connectivity index (χ4n) is 15.0. The summed E-state index contributed by atoms with van der Waals surface area (Å²) < 4.78 is 0. The smallest absolute Gasteiger partial charge is 0.0502 e. The van der Waals surface area contributed by atoms with E-state index < -0.39 is 0 Å². The molecular formula is C76H52N2. The van der Waals surface area contributed by atoms with E-state index in [9.17, 15) is 0 Å². The van der Waals surface area contributed by atoms with Crippen LogP contribution in [0.15, 0.2) is 243 Å². The van der Waals surface area contributed by atoms with Crippen molar-refractivity contribution < 1.29 is 0 Å². The Bertz CT molecular complexity index is 4360. The molecule has 0 amide bonds. The van der Waals surface area contributed by atoms with E-state index in [0.717, 1.165) is 11.4 Å². The lowest BCUT2D eigenvalue weighted by Crippen LogP contribution is -2.30. The summed E-state index contributed by atoms with van der Waals surface area (Å²) in [5.41, 5.74) is 27.4. The molecule has 0 saturated heterocycles. The second kappa shape index (κ2) is 15.6. The van der Waals surface area contributed by atoms with Gasteiger partial charge in [0.25, 0.3) is 0 Å².